The van der Waals surface area contributed by atoms with Gasteiger partial charge in [0.1, 0.15) is 5.82 Å². The largest absolute Gasteiger partial charge is 0.369 e. The van der Waals surface area contributed by atoms with Crippen LogP contribution in [0.3, 0.4) is 0 Å². The van der Waals surface area contributed by atoms with Crippen molar-refractivity contribution in [3.05, 3.63) is 6.20 Å². The normalized spacial score (nSPS) is 12.6. The fourth-order valence-electron chi connectivity index (χ4n) is 1.82. The molecule has 1 atom stereocenters. The summed E-state index contributed by atoms with van der Waals surface area (Å²) in [5.74, 6) is 3.18. The number of nitrogens with zero attached hydrogens (tertiary/aromatic N) is 3. The summed E-state index contributed by atoms with van der Waals surface area (Å²) in [6, 6.07) is 0. The maximum absolute atomic E-state index is 4.49. The van der Waals surface area contributed by atoms with Gasteiger partial charge < -0.3 is 10.6 Å². The number of nitrogens with one attached hydrogen (secondary N) is 3. The van der Waals surface area contributed by atoms with Crippen molar-refractivity contribution < 1.29 is 0 Å². The summed E-state index contributed by atoms with van der Waals surface area (Å²) in [7, 11) is 0. The number of aromatic amines is 1. The average Bonchev–Trinajstić information content (AvgIpc) is 2.85. The summed E-state index contributed by atoms with van der Waals surface area (Å²) >= 11 is 1.86. The van der Waals surface area contributed by atoms with Crippen LogP contribution in [0.15, 0.2) is 6.20 Å². The molecule has 7 heteroatoms. The van der Waals surface area contributed by atoms with Crippen molar-refractivity contribution in [2.24, 2.45) is 5.92 Å². The lowest BCUT2D eigenvalue weighted by Crippen LogP contribution is -2.15. The maximum Gasteiger partial charge on any atom is 0.226 e. The van der Waals surface area contributed by atoms with Gasteiger partial charge in [-0.05, 0) is 24.9 Å². The van der Waals surface area contributed by atoms with Crippen LogP contribution in [0.25, 0.3) is 11.0 Å². The summed E-state index contributed by atoms with van der Waals surface area (Å²) in [5, 5.41) is 14.4. The molecule has 104 valence electrons. The number of anilines is 2. The van der Waals surface area contributed by atoms with E-state index in [9.17, 15) is 0 Å². The van der Waals surface area contributed by atoms with Gasteiger partial charge in [-0.15, -0.1) is 0 Å². The molecule has 2 aromatic rings. The third-order valence-electron chi connectivity index (χ3n) is 2.71. The SMILES string of the molecule is CCNc1nc(NCC(C)CSC)c2cn[nH]c2n1. The van der Waals surface area contributed by atoms with Gasteiger partial charge >= 0.3 is 0 Å². The van der Waals surface area contributed by atoms with Crippen molar-refractivity contribution in [1.82, 2.24) is 20.2 Å². The van der Waals surface area contributed by atoms with Crippen LogP contribution in [-0.4, -0.2) is 45.3 Å². The molecule has 3 N–H and O–H groups in total. The second-order valence-electron chi connectivity index (χ2n) is 4.50. The second-order valence-corrected chi connectivity index (χ2v) is 5.41. The lowest BCUT2D eigenvalue weighted by atomic mass is 10.2. The molecule has 0 radical (unpaired) electrons. The Balaban J connectivity index is 2.17. The van der Waals surface area contributed by atoms with E-state index < -0.39 is 0 Å². The molecule has 0 fully saturated rings. The van der Waals surface area contributed by atoms with Crippen LogP contribution >= 0.6 is 11.8 Å². The minimum Gasteiger partial charge on any atom is -0.369 e. The zero-order valence-electron chi connectivity index (χ0n) is 11.5. The molecule has 0 saturated carbocycles. The van der Waals surface area contributed by atoms with Gasteiger partial charge in [0.05, 0.1) is 11.6 Å². The molecule has 0 amide bonds. The van der Waals surface area contributed by atoms with E-state index in [2.05, 4.69) is 44.0 Å². The lowest BCUT2D eigenvalue weighted by Gasteiger charge is -2.13. The minimum absolute atomic E-state index is 0.592. The molecule has 2 aromatic heterocycles. The molecular weight excluding hydrogens is 260 g/mol. The van der Waals surface area contributed by atoms with Gasteiger partial charge in [0.25, 0.3) is 0 Å². The van der Waals surface area contributed by atoms with E-state index in [0.717, 1.165) is 35.7 Å². The van der Waals surface area contributed by atoms with Crippen molar-refractivity contribution in [2.75, 3.05) is 35.7 Å². The van der Waals surface area contributed by atoms with E-state index in [-0.39, 0.29) is 0 Å². The molecule has 1 unspecified atom stereocenters. The van der Waals surface area contributed by atoms with E-state index >= 15 is 0 Å². The summed E-state index contributed by atoms with van der Waals surface area (Å²) in [5.41, 5.74) is 0.756. The molecule has 0 aliphatic carbocycles. The highest BCUT2D eigenvalue weighted by molar-refractivity contribution is 7.98. The van der Waals surface area contributed by atoms with Crippen LogP contribution in [0.4, 0.5) is 11.8 Å². The third kappa shape index (κ3) is 3.50. The monoisotopic (exact) mass is 280 g/mol. The van der Waals surface area contributed by atoms with Gasteiger partial charge in [0.2, 0.25) is 5.95 Å². The minimum atomic E-state index is 0.592. The summed E-state index contributed by atoms with van der Waals surface area (Å²) < 4.78 is 0. The fourth-order valence-corrected chi connectivity index (χ4v) is 2.51. The quantitative estimate of drug-likeness (QED) is 0.721. The van der Waals surface area contributed by atoms with Gasteiger partial charge in [-0.3, -0.25) is 5.10 Å². The molecule has 2 rings (SSSR count). The van der Waals surface area contributed by atoms with Crippen LogP contribution in [0.2, 0.25) is 0 Å². The van der Waals surface area contributed by atoms with Crippen molar-refractivity contribution in [3.63, 3.8) is 0 Å². The lowest BCUT2D eigenvalue weighted by molar-refractivity contribution is 0.700. The van der Waals surface area contributed by atoms with Gasteiger partial charge in [0, 0.05) is 13.1 Å². The van der Waals surface area contributed by atoms with E-state index in [4.69, 9.17) is 0 Å². The average molecular weight is 280 g/mol. The first kappa shape index (κ1) is 13.9. The molecule has 6 nitrogen and oxygen atoms in total. The Morgan fingerprint density at radius 3 is 2.95 bits per heavy atom. The molecule has 0 bridgehead atoms. The molecule has 0 aliphatic rings. The predicted octanol–water partition coefficient (Wildman–Crippen LogP) is 2.20. The van der Waals surface area contributed by atoms with Crippen LogP contribution in [0.1, 0.15) is 13.8 Å². The molecule has 0 aliphatic heterocycles. The van der Waals surface area contributed by atoms with Crippen molar-refractivity contribution in [2.45, 2.75) is 13.8 Å². The van der Waals surface area contributed by atoms with Crippen LogP contribution < -0.4 is 10.6 Å². The maximum atomic E-state index is 4.49. The first-order valence-corrected chi connectivity index (χ1v) is 7.81. The van der Waals surface area contributed by atoms with E-state index in [0.29, 0.717) is 11.9 Å². The molecule has 0 aromatic carbocycles. The number of fused-ring (bicyclic) bond motifs is 1. The highest BCUT2D eigenvalue weighted by Crippen LogP contribution is 2.20. The van der Waals surface area contributed by atoms with Crippen LogP contribution in [-0.2, 0) is 0 Å². The fraction of sp³-hybridized carbons (Fsp3) is 0.583. The number of thioether (sulfide) groups is 1. The van der Waals surface area contributed by atoms with E-state index in [1.807, 2.05) is 18.7 Å². The molecule has 19 heavy (non-hydrogen) atoms. The highest BCUT2D eigenvalue weighted by atomic mass is 32.2. The first-order chi connectivity index (χ1) is 9.24. The van der Waals surface area contributed by atoms with Gasteiger partial charge in [-0.25, -0.2) is 0 Å². The van der Waals surface area contributed by atoms with Gasteiger partial charge in [-0.1, -0.05) is 6.92 Å². The predicted molar refractivity (Wildman–Crippen MR) is 81.9 cm³/mol. The smallest absolute Gasteiger partial charge is 0.226 e. The number of aromatic nitrogens is 4. The summed E-state index contributed by atoms with van der Waals surface area (Å²) in [6.07, 6.45) is 3.88. The van der Waals surface area contributed by atoms with Crippen LogP contribution in [0.5, 0.6) is 0 Å². The second kappa shape index (κ2) is 6.60. The Morgan fingerprint density at radius 2 is 2.21 bits per heavy atom. The summed E-state index contributed by atoms with van der Waals surface area (Å²) in [6.45, 7) is 5.93. The number of hydrogen-bond acceptors (Lipinski definition) is 6. The van der Waals surface area contributed by atoms with E-state index in [1.54, 1.807) is 6.20 Å². The molecule has 2 heterocycles. The molecular formula is C12H20N6S. The number of hydrogen-bond donors (Lipinski definition) is 3. The third-order valence-corrected chi connectivity index (χ3v) is 3.62. The number of H-pyrrole nitrogens is 1. The summed E-state index contributed by atoms with van der Waals surface area (Å²) in [4.78, 5) is 8.86. The van der Waals surface area contributed by atoms with E-state index in [1.165, 1.54) is 0 Å². The van der Waals surface area contributed by atoms with Gasteiger partial charge in [-0.2, -0.15) is 26.8 Å². The zero-order chi connectivity index (χ0) is 13.7. The van der Waals surface area contributed by atoms with Crippen molar-refractivity contribution in [1.29, 1.82) is 0 Å². The first-order valence-electron chi connectivity index (χ1n) is 6.42. The Bertz CT molecular complexity index is 526. The number of rotatable bonds is 7. The molecule has 0 saturated heterocycles. The van der Waals surface area contributed by atoms with Crippen molar-refractivity contribution >= 4 is 34.6 Å². The standard InChI is InChI=1S/C12H20N6S/c1-4-13-12-16-10(14-5-8(2)7-19-3)9-6-15-18-11(9)17-12/h6,8H,4-5,7H2,1-3H3,(H3,13,14,15,16,17,18). The van der Waals surface area contributed by atoms with Crippen molar-refractivity contribution in [3.8, 4) is 0 Å². The highest BCUT2D eigenvalue weighted by Gasteiger charge is 2.10. The zero-order valence-corrected chi connectivity index (χ0v) is 12.3. The Labute approximate surface area is 117 Å². The molecule has 0 spiro atoms. The Kier molecular flexibility index (Phi) is 4.84. The van der Waals surface area contributed by atoms with Crippen LogP contribution in [0, 0.1) is 5.92 Å². The Hall–Kier alpha value is -1.50. The Morgan fingerprint density at radius 1 is 1.37 bits per heavy atom. The topological polar surface area (TPSA) is 78.5 Å². The van der Waals surface area contributed by atoms with Gasteiger partial charge in [0.15, 0.2) is 5.65 Å².